The van der Waals surface area contributed by atoms with Gasteiger partial charge in [0.1, 0.15) is 0 Å². The van der Waals surface area contributed by atoms with Gasteiger partial charge in [0.25, 0.3) is 0 Å². The summed E-state index contributed by atoms with van der Waals surface area (Å²) in [6.45, 7) is 2.17. The zero-order valence-corrected chi connectivity index (χ0v) is 16.7. The number of hydrogen-bond acceptors (Lipinski definition) is 2. The molecule has 0 bridgehead atoms. The largest absolute Gasteiger partial charge is 0.478 e. The van der Waals surface area contributed by atoms with Crippen LogP contribution < -0.4 is 0 Å². The number of benzene rings is 3. The number of allylic oxidation sites excluding steroid dienone is 1. The van der Waals surface area contributed by atoms with E-state index >= 15 is 0 Å². The summed E-state index contributed by atoms with van der Waals surface area (Å²) >= 11 is 0. The minimum absolute atomic E-state index is 0.847. The van der Waals surface area contributed by atoms with Crippen molar-refractivity contribution in [3.63, 3.8) is 0 Å². The van der Waals surface area contributed by atoms with Gasteiger partial charge in [0.05, 0.1) is 11.7 Å². The molecule has 0 fully saturated rings. The third-order valence-corrected chi connectivity index (χ3v) is 5.15. The molecule has 1 heterocycles. The minimum atomic E-state index is -0.955. The van der Waals surface area contributed by atoms with Crippen molar-refractivity contribution >= 4 is 34.1 Å². The van der Waals surface area contributed by atoms with Gasteiger partial charge in [-0.1, -0.05) is 73.7 Å². The van der Waals surface area contributed by atoms with Gasteiger partial charge < -0.3 is 5.11 Å². The number of aromatic nitrogens is 2. The number of rotatable bonds is 6. The highest BCUT2D eigenvalue weighted by Crippen LogP contribution is 2.37. The van der Waals surface area contributed by atoms with E-state index in [-0.39, 0.29) is 0 Å². The summed E-state index contributed by atoms with van der Waals surface area (Å²) in [5.41, 5.74) is 7.63. The van der Waals surface area contributed by atoms with Crippen LogP contribution >= 0.6 is 0 Å². The van der Waals surface area contributed by atoms with E-state index in [1.807, 2.05) is 48.7 Å². The zero-order valence-electron chi connectivity index (χ0n) is 16.7. The Labute approximate surface area is 175 Å². The first-order valence-corrected chi connectivity index (χ1v) is 9.90. The summed E-state index contributed by atoms with van der Waals surface area (Å²) in [5.74, 6) is -0.955. The van der Waals surface area contributed by atoms with Gasteiger partial charge in [-0.15, -0.1) is 0 Å². The van der Waals surface area contributed by atoms with Crippen molar-refractivity contribution in [3.8, 4) is 0 Å². The first-order chi connectivity index (χ1) is 14.7. The Kier molecular flexibility index (Phi) is 5.57. The average Bonchev–Trinajstić information content (AvgIpc) is 3.26. The Morgan fingerprint density at radius 3 is 2.43 bits per heavy atom. The fourth-order valence-electron chi connectivity index (χ4n) is 3.77. The lowest BCUT2D eigenvalue weighted by atomic mass is 9.86. The Morgan fingerprint density at radius 2 is 1.73 bits per heavy atom. The molecule has 0 aliphatic carbocycles. The number of fused-ring (bicyclic) bond motifs is 1. The van der Waals surface area contributed by atoms with E-state index in [0.29, 0.717) is 0 Å². The normalized spacial score (nSPS) is 12.3. The fourth-order valence-corrected chi connectivity index (χ4v) is 3.77. The molecule has 0 amide bonds. The Morgan fingerprint density at radius 1 is 0.967 bits per heavy atom. The van der Waals surface area contributed by atoms with Crippen LogP contribution in [0.3, 0.4) is 0 Å². The highest BCUT2D eigenvalue weighted by atomic mass is 16.4. The SMILES string of the molecule is CC/C(=C(/c1ccc(/C=C/C(=O)O)cc1)c1cccc2[nH]ncc12)c1ccccc1. The number of H-pyrrole nitrogens is 1. The number of hydrogen-bond donors (Lipinski definition) is 2. The van der Waals surface area contributed by atoms with Crippen molar-refractivity contribution in [2.75, 3.05) is 0 Å². The van der Waals surface area contributed by atoms with E-state index in [4.69, 9.17) is 5.11 Å². The van der Waals surface area contributed by atoms with Gasteiger partial charge in [0.15, 0.2) is 0 Å². The molecule has 4 aromatic rings. The topological polar surface area (TPSA) is 66.0 Å². The third kappa shape index (κ3) is 3.94. The Bertz CT molecular complexity index is 1230. The second-order valence-corrected chi connectivity index (χ2v) is 7.00. The number of aliphatic carboxylic acids is 1. The van der Waals surface area contributed by atoms with Crippen molar-refractivity contribution in [1.82, 2.24) is 10.2 Å². The maximum atomic E-state index is 10.8. The van der Waals surface area contributed by atoms with Crippen LogP contribution in [0.5, 0.6) is 0 Å². The molecule has 2 N–H and O–H groups in total. The molecule has 0 aliphatic rings. The molecular formula is C26H22N2O2. The van der Waals surface area contributed by atoms with Gasteiger partial charge in [0.2, 0.25) is 0 Å². The van der Waals surface area contributed by atoms with Crippen LogP contribution in [0.1, 0.15) is 35.6 Å². The first kappa shape index (κ1) is 19.4. The van der Waals surface area contributed by atoms with E-state index < -0.39 is 5.97 Å². The Balaban J connectivity index is 1.94. The van der Waals surface area contributed by atoms with Crippen LogP contribution in [0.2, 0.25) is 0 Å². The van der Waals surface area contributed by atoms with Crippen molar-refractivity contribution in [3.05, 3.63) is 107 Å². The lowest BCUT2D eigenvalue weighted by molar-refractivity contribution is -0.131. The van der Waals surface area contributed by atoms with Crippen LogP contribution in [-0.2, 0) is 4.79 Å². The second-order valence-electron chi connectivity index (χ2n) is 7.00. The van der Waals surface area contributed by atoms with Gasteiger partial charge in [-0.25, -0.2) is 4.79 Å². The summed E-state index contributed by atoms with van der Waals surface area (Å²) in [6, 6.07) is 24.6. The van der Waals surface area contributed by atoms with Gasteiger partial charge in [-0.3, -0.25) is 5.10 Å². The lowest BCUT2D eigenvalue weighted by Gasteiger charge is -2.17. The molecule has 0 atom stereocenters. The molecule has 4 heteroatoms. The van der Waals surface area contributed by atoms with Gasteiger partial charge >= 0.3 is 5.97 Å². The molecule has 148 valence electrons. The summed E-state index contributed by atoms with van der Waals surface area (Å²) in [6.07, 6.45) is 5.49. The number of nitrogens with zero attached hydrogens (tertiary/aromatic N) is 1. The molecule has 4 rings (SSSR count). The maximum Gasteiger partial charge on any atom is 0.328 e. The molecule has 3 aromatic carbocycles. The molecule has 0 unspecified atom stereocenters. The number of carboxylic acid groups (broad SMARTS) is 1. The van der Waals surface area contributed by atoms with Crippen LogP contribution in [0.4, 0.5) is 0 Å². The molecule has 1 aromatic heterocycles. The molecule has 0 saturated carbocycles. The monoisotopic (exact) mass is 394 g/mol. The van der Waals surface area contributed by atoms with Crippen molar-refractivity contribution in [1.29, 1.82) is 0 Å². The quantitative estimate of drug-likeness (QED) is 0.310. The van der Waals surface area contributed by atoms with Crippen LogP contribution in [0, 0.1) is 0 Å². The average molecular weight is 394 g/mol. The predicted octanol–water partition coefficient (Wildman–Crippen LogP) is 6.03. The molecule has 30 heavy (non-hydrogen) atoms. The summed E-state index contributed by atoms with van der Waals surface area (Å²) < 4.78 is 0. The summed E-state index contributed by atoms with van der Waals surface area (Å²) in [5, 5.41) is 17.2. The lowest BCUT2D eigenvalue weighted by Crippen LogP contribution is -1.96. The van der Waals surface area contributed by atoms with E-state index in [9.17, 15) is 4.79 Å². The fraction of sp³-hybridized carbons (Fsp3) is 0.0769. The minimum Gasteiger partial charge on any atom is -0.478 e. The van der Waals surface area contributed by atoms with E-state index in [0.717, 1.165) is 45.7 Å². The van der Waals surface area contributed by atoms with Crippen molar-refractivity contribution in [2.45, 2.75) is 13.3 Å². The second kappa shape index (κ2) is 8.62. The molecule has 0 spiro atoms. The highest BCUT2D eigenvalue weighted by molar-refractivity contribution is 6.05. The third-order valence-electron chi connectivity index (χ3n) is 5.15. The van der Waals surface area contributed by atoms with Crippen molar-refractivity contribution in [2.24, 2.45) is 0 Å². The molecular weight excluding hydrogens is 372 g/mol. The number of carbonyl (C=O) groups is 1. The van der Waals surface area contributed by atoms with Gasteiger partial charge in [0, 0.05) is 11.5 Å². The zero-order chi connectivity index (χ0) is 20.9. The molecule has 0 radical (unpaired) electrons. The first-order valence-electron chi connectivity index (χ1n) is 9.90. The summed E-state index contributed by atoms with van der Waals surface area (Å²) in [4.78, 5) is 10.8. The van der Waals surface area contributed by atoms with Gasteiger partial charge in [-0.2, -0.15) is 5.10 Å². The number of nitrogens with one attached hydrogen (secondary N) is 1. The summed E-state index contributed by atoms with van der Waals surface area (Å²) in [7, 11) is 0. The smallest absolute Gasteiger partial charge is 0.328 e. The van der Waals surface area contributed by atoms with Crippen LogP contribution in [0.25, 0.3) is 28.1 Å². The van der Waals surface area contributed by atoms with E-state index in [1.54, 1.807) is 6.08 Å². The molecule has 0 saturated heterocycles. The number of carboxylic acids is 1. The van der Waals surface area contributed by atoms with Crippen LogP contribution in [-0.4, -0.2) is 21.3 Å². The van der Waals surface area contributed by atoms with E-state index in [1.165, 1.54) is 11.1 Å². The highest BCUT2D eigenvalue weighted by Gasteiger charge is 2.16. The number of aromatic amines is 1. The molecule has 4 nitrogen and oxygen atoms in total. The van der Waals surface area contributed by atoms with E-state index in [2.05, 4.69) is 47.5 Å². The molecule has 0 aliphatic heterocycles. The standard InChI is InChI=1S/C26H22N2O2/c1-2-21(19-7-4-3-5-8-19)26(22-9-6-10-24-23(22)17-27-28-24)20-14-11-18(12-15-20)13-16-25(29)30/h3-17H,2H2,1H3,(H,27,28)(H,29,30)/b16-13+,26-21+. The maximum absolute atomic E-state index is 10.8. The van der Waals surface area contributed by atoms with Gasteiger partial charge in [-0.05, 0) is 52.0 Å². The van der Waals surface area contributed by atoms with Crippen molar-refractivity contribution < 1.29 is 9.90 Å². The predicted molar refractivity (Wildman–Crippen MR) is 122 cm³/mol. The van der Waals surface area contributed by atoms with Crippen LogP contribution in [0.15, 0.2) is 85.1 Å². The Hall–Kier alpha value is -3.92.